The highest BCUT2D eigenvalue weighted by atomic mass is 35.5. The number of nitriles is 1. The molecule has 0 bridgehead atoms. The molecule has 1 aliphatic heterocycles. The fourth-order valence-electron chi connectivity index (χ4n) is 1.98. The molecule has 2 rings (SSSR count). The molecule has 0 amide bonds. The first-order chi connectivity index (χ1) is 10.1. The largest absolute Gasteiger partial charge is 0.382 e. The molecule has 0 atom stereocenters. The lowest BCUT2D eigenvalue weighted by Gasteiger charge is -2.31. The number of hydrazone groups is 1. The highest BCUT2D eigenvalue weighted by Gasteiger charge is 2.17. The highest BCUT2D eigenvalue weighted by Crippen LogP contribution is 2.34. The first-order valence-corrected chi connectivity index (χ1v) is 6.70. The number of morpholine rings is 1. The van der Waals surface area contributed by atoms with Crippen LogP contribution < -0.4 is 16.1 Å². The zero-order chi connectivity index (χ0) is 15.2. The Bertz CT molecular complexity index is 603. The van der Waals surface area contributed by atoms with E-state index in [2.05, 4.69) is 15.4 Å². The molecule has 0 saturated carbocycles. The maximum atomic E-state index is 8.85. The molecule has 1 heterocycles. The van der Waals surface area contributed by atoms with E-state index in [9.17, 15) is 0 Å². The van der Waals surface area contributed by atoms with E-state index >= 15 is 0 Å². The van der Waals surface area contributed by atoms with Crippen molar-refractivity contribution in [3.63, 3.8) is 0 Å². The molecule has 0 unspecified atom stereocenters. The number of hydrogen-bond donors (Lipinski definition) is 3. The molecule has 0 aliphatic carbocycles. The molecule has 0 radical (unpaired) electrons. The molecule has 0 aromatic heterocycles. The number of anilines is 2. The fourth-order valence-corrected chi connectivity index (χ4v) is 2.27. The van der Waals surface area contributed by atoms with Gasteiger partial charge in [-0.2, -0.15) is 10.4 Å². The van der Waals surface area contributed by atoms with Gasteiger partial charge in [0, 0.05) is 13.1 Å². The van der Waals surface area contributed by atoms with E-state index in [0.29, 0.717) is 23.9 Å². The molecule has 1 saturated heterocycles. The number of ether oxygens (including phenoxy) is 1. The molecular formula is C13H15ClN6O. The van der Waals surface area contributed by atoms with Gasteiger partial charge in [-0.25, -0.2) is 0 Å². The van der Waals surface area contributed by atoms with E-state index in [-0.39, 0.29) is 11.5 Å². The summed E-state index contributed by atoms with van der Waals surface area (Å²) in [6.07, 6.45) is 0. The summed E-state index contributed by atoms with van der Waals surface area (Å²) in [6.45, 7) is 2.70. The molecule has 1 aromatic carbocycles. The Hall–Kier alpha value is -2.30. The van der Waals surface area contributed by atoms with Crippen molar-refractivity contribution in [2.75, 3.05) is 36.6 Å². The Kier molecular flexibility index (Phi) is 4.98. The predicted octanol–water partition coefficient (Wildman–Crippen LogP) is 1.40. The first-order valence-electron chi connectivity index (χ1n) is 6.33. The molecule has 1 aliphatic rings. The van der Waals surface area contributed by atoms with Crippen LogP contribution in [-0.2, 0) is 4.74 Å². The van der Waals surface area contributed by atoms with Gasteiger partial charge in [0.1, 0.15) is 6.07 Å². The molecule has 8 heteroatoms. The van der Waals surface area contributed by atoms with Gasteiger partial charge in [0.2, 0.25) is 5.71 Å². The van der Waals surface area contributed by atoms with Gasteiger partial charge in [0.25, 0.3) is 0 Å². The van der Waals surface area contributed by atoms with Gasteiger partial charge >= 0.3 is 0 Å². The number of halogens is 1. The lowest BCUT2D eigenvalue weighted by molar-refractivity contribution is 0.123. The first kappa shape index (κ1) is 15.1. The SMILES string of the molecule is N#C/C(=N\Nc1cccc(Cl)c1N1CCOCC1)C(=N)N. The van der Waals surface area contributed by atoms with E-state index in [1.807, 2.05) is 0 Å². The Balaban J connectivity index is 2.29. The van der Waals surface area contributed by atoms with Crippen molar-refractivity contribution < 1.29 is 4.74 Å². The lowest BCUT2D eigenvalue weighted by Crippen LogP contribution is -2.36. The summed E-state index contributed by atoms with van der Waals surface area (Å²) in [5.74, 6) is -0.389. The van der Waals surface area contributed by atoms with Crippen LogP contribution in [0, 0.1) is 16.7 Å². The van der Waals surface area contributed by atoms with Crippen LogP contribution in [0.5, 0.6) is 0 Å². The minimum atomic E-state index is -0.389. The zero-order valence-corrected chi connectivity index (χ0v) is 12.0. The third-order valence-corrected chi connectivity index (χ3v) is 3.27. The molecule has 4 N–H and O–H groups in total. The van der Waals surface area contributed by atoms with Crippen molar-refractivity contribution in [2.24, 2.45) is 10.8 Å². The van der Waals surface area contributed by atoms with Crippen LogP contribution in [0.1, 0.15) is 0 Å². The number of nitrogens with one attached hydrogen (secondary N) is 2. The van der Waals surface area contributed by atoms with Gasteiger partial charge in [-0.3, -0.25) is 10.8 Å². The number of para-hydroxylation sites is 1. The smallest absolute Gasteiger partial charge is 0.201 e. The summed E-state index contributed by atoms with van der Waals surface area (Å²) >= 11 is 6.27. The Morgan fingerprint density at radius 2 is 2.19 bits per heavy atom. The van der Waals surface area contributed by atoms with E-state index < -0.39 is 0 Å². The summed E-state index contributed by atoms with van der Waals surface area (Å²) < 4.78 is 5.33. The molecule has 1 fully saturated rings. The maximum absolute atomic E-state index is 8.85. The highest BCUT2D eigenvalue weighted by molar-refractivity contribution is 6.45. The van der Waals surface area contributed by atoms with E-state index in [0.717, 1.165) is 18.8 Å². The minimum Gasteiger partial charge on any atom is -0.382 e. The molecule has 7 nitrogen and oxygen atoms in total. The average molecular weight is 307 g/mol. The number of amidine groups is 1. The number of nitrogens with zero attached hydrogens (tertiary/aromatic N) is 3. The zero-order valence-electron chi connectivity index (χ0n) is 11.3. The van der Waals surface area contributed by atoms with Gasteiger partial charge in [-0.1, -0.05) is 17.7 Å². The molecular weight excluding hydrogens is 292 g/mol. The van der Waals surface area contributed by atoms with Crippen LogP contribution in [-0.4, -0.2) is 37.9 Å². The van der Waals surface area contributed by atoms with Crippen LogP contribution in [0.4, 0.5) is 11.4 Å². The number of rotatable bonds is 4. The summed E-state index contributed by atoms with van der Waals surface area (Å²) in [5, 5.41) is 20.5. The summed E-state index contributed by atoms with van der Waals surface area (Å²) in [6, 6.07) is 7.13. The van der Waals surface area contributed by atoms with Crippen molar-refractivity contribution >= 4 is 34.5 Å². The van der Waals surface area contributed by atoms with Crippen molar-refractivity contribution in [2.45, 2.75) is 0 Å². The molecule has 1 aromatic rings. The van der Waals surface area contributed by atoms with E-state index in [4.69, 9.17) is 32.7 Å². The van der Waals surface area contributed by atoms with Gasteiger partial charge in [-0.05, 0) is 12.1 Å². The Morgan fingerprint density at radius 3 is 2.81 bits per heavy atom. The quantitative estimate of drug-likeness (QED) is 0.442. The predicted molar refractivity (Wildman–Crippen MR) is 83.1 cm³/mol. The minimum absolute atomic E-state index is 0.178. The standard InChI is InChI=1S/C13H15ClN6O/c14-9-2-1-3-10(18-19-11(8-15)13(16)17)12(9)20-4-6-21-7-5-20/h1-3,18H,4-7H2,(H3,16,17)/b19-11+. The van der Waals surface area contributed by atoms with Crippen molar-refractivity contribution in [1.29, 1.82) is 10.7 Å². The molecule has 21 heavy (non-hydrogen) atoms. The normalized spacial score (nSPS) is 15.4. The lowest BCUT2D eigenvalue weighted by atomic mass is 10.2. The van der Waals surface area contributed by atoms with Gasteiger partial charge in [-0.15, -0.1) is 0 Å². The van der Waals surface area contributed by atoms with Crippen LogP contribution >= 0.6 is 11.6 Å². The number of nitrogens with two attached hydrogens (primary N) is 1. The summed E-state index contributed by atoms with van der Waals surface area (Å²) in [5.41, 5.74) is 9.29. The second kappa shape index (κ2) is 6.92. The summed E-state index contributed by atoms with van der Waals surface area (Å²) in [7, 11) is 0. The Morgan fingerprint density at radius 1 is 1.48 bits per heavy atom. The van der Waals surface area contributed by atoms with Crippen molar-refractivity contribution in [3.05, 3.63) is 23.2 Å². The Labute approximate surface area is 127 Å². The monoisotopic (exact) mass is 306 g/mol. The molecule has 0 spiro atoms. The van der Waals surface area contributed by atoms with Crippen LogP contribution in [0.3, 0.4) is 0 Å². The van der Waals surface area contributed by atoms with Crippen LogP contribution in [0.15, 0.2) is 23.3 Å². The van der Waals surface area contributed by atoms with Gasteiger partial charge in [0.05, 0.1) is 29.6 Å². The topological polar surface area (TPSA) is 111 Å². The average Bonchev–Trinajstić information content (AvgIpc) is 2.48. The second-order valence-corrected chi connectivity index (χ2v) is 4.74. The third kappa shape index (κ3) is 3.62. The fraction of sp³-hybridized carbons (Fsp3) is 0.308. The van der Waals surface area contributed by atoms with Crippen molar-refractivity contribution in [3.8, 4) is 6.07 Å². The third-order valence-electron chi connectivity index (χ3n) is 2.96. The van der Waals surface area contributed by atoms with Crippen LogP contribution in [0.25, 0.3) is 0 Å². The van der Waals surface area contributed by atoms with E-state index in [1.165, 1.54) is 0 Å². The van der Waals surface area contributed by atoms with E-state index in [1.54, 1.807) is 24.3 Å². The number of benzene rings is 1. The molecule has 110 valence electrons. The summed E-state index contributed by atoms with van der Waals surface area (Å²) in [4.78, 5) is 2.09. The van der Waals surface area contributed by atoms with Crippen molar-refractivity contribution in [1.82, 2.24) is 0 Å². The maximum Gasteiger partial charge on any atom is 0.201 e. The van der Waals surface area contributed by atoms with Gasteiger partial charge in [0.15, 0.2) is 5.84 Å². The number of hydrogen-bond acceptors (Lipinski definition) is 6. The second-order valence-electron chi connectivity index (χ2n) is 4.33. The van der Waals surface area contributed by atoms with Gasteiger partial charge < -0.3 is 15.4 Å². The van der Waals surface area contributed by atoms with Crippen LogP contribution in [0.2, 0.25) is 5.02 Å².